The minimum Gasteiger partial charge on any atom is -0.339 e. The molecule has 106 valence electrons. The molecule has 6 heteroatoms. The average molecular weight is 312 g/mol. The van der Waals surface area contributed by atoms with Crippen LogP contribution in [0.4, 0.5) is 0 Å². The first kappa shape index (κ1) is 13.9. The lowest BCUT2D eigenvalue weighted by Crippen LogP contribution is -2.23. The second-order valence-corrected chi connectivity index (χ2v) is 5.84. The lowest BCUT2D eigenvalue weighted by molar-refractivity contribution is 0.360. The van der Waals surface area contributed by atoms with Gasteiger partial charge in [0.1, 0.15) is 0 Å². The Balaban J connectivity index is 1.65. The SMILES string of the molecule is Clc1ccc(Cc2noc(CC3CCCN3)n2)cc1Cl. The minimum absolute atomic E-state index is 0.466. The van der Waals surface area contributed by atoms with Crippen LogP contribution in [0.25, 0.3) is 0 Å². The molecule has 4 nitrogen and oxygen atoms in total. The van der Waals surface area contributed by atoms with Gasteiger partial charge in [0.2, 0.25) is 5.89 Å². The molecule has 0 radical (unpaired) electrons. The fourth-order valence-electron chi connectivity index (χ4n) is 2.42. The fourth-order valence-corrected chi connectivity index (χ4v) is 2.74. The van der Waals surface area contributed by atoms with Gasteiger partial charge in [-0.1, -0.05) is 34.4 Å². The number of halogens is 2. The first-order chi connectivity index (χ1) is 9.70. The zero-order chi connectivity index (χ0) is 13.9. The Labute approximate surface area is 127 Å². The average Bonchev–Trinajstić information content (AvgIpc) is 3.07. The molecule has 1 aromatic heterocycles. The molecule has 0 spiro atoms. The topological polar surface area (TPSA) is 51.0 Å². The largest absolute Gasteiger partial charge is 0.339 e. The summed E-state index contributed by atoms with van der Waals surface area (Å²) in [5, 5.41) is 8.53. The summed E-state index contributed by atoms with van der Waals surface area (Å²) in [6.45, 7) is 1.08. The van der Waals surface area contributed by atoms with Crippen molar-refractivity contribution in [1.82, 2.24) is 15.5 Å². The van der Waals surface area contributed by atoms with Gasteiger partial charge in [-0.2, -0.15) is 4.98 Å². The Morgan fingerprint density at radius 2 is 2.20 bits per heavy atom. The third-order valence-electron chi connectivity index (χ3n) is 3.44. The van der Waals surface area contributed by atoms with E-state index in [0.717, 1.165) is 18.5 Å². The highest BCUT2D eigenvalue weighted by Crippen LogP contribution is 2.23. The van der Waals surface area contributed by atoms with Crippen molar-refractivity contribution in [3.8, 4) is 0 Å². The third-order valence-corrected chi connectivity index (χ3v) is 4.18. The van der Waals surface area contributed by atoms with Crippen LogP contribution >= 0.6 is 23.2 Å². The van der Waals surface area contributed by atoms with E-state index in [2.05, 4.69) is 15.5 Å². The summed E-state index contributed by atoms with van der Waals surface area (Å²) in [4.78, 5) is 4.43. The van der Waals surface area contributed by atoms with E-state index in [1.807, 2.05) is 12.1 Å². The number of rotatable bonds is 4. The Bertz CT molecular complexity index is 594. The lowest BCUT2D eigenvalue weighted by atomic mass is 10.1. The second-order valence-electron chi connectivity index (χ2n) is 5.03. The molecule has 1 N–H and O–H groups in total. The predicted octanol–water partition coefficient (Wildman–Crippen LogP) is 3.26. The minimum atomic E-state index is 0.466. The Morgan fingerprint density at radius 1 is 1.30 bits per heavy atom. The van der Waals surface area contributed by atoms with Gasteiger partial charge in [0.15, 0.2) is 5.82 Å². The van der Waals surface area contributed by atoms with E-state index in [9.17, 15) is 0 Å². The molecule has 1 aliphatic heterocycles. The van der Waals surface area contributed by atoms with Crippen LogP contribution in [0.1, 0.15) is 30.1 Å². The van der Waals surface area contributed by atoms with Crippen molar-refractivity contribution in [2.45, 2.75) is 31.7 Å². The van der Waals surface area contributed by atoms with Crippen molar-refractivity contribution in [1.29, 1.82) is 0 Å². The molecule has 20 heavy (non-hydrogen) atoms. The first-order valence-corrected chi connectivity index (χ1v) is 7.45. The van der Waals surface area contributed by atoms with Crippen LogP contribution in [0.15, 0.2) is 22.7 Å². The van der Waals surface area contributed by atoms with E-state index in [4.69, 9.17) is 27.7 Å². The van der Waals surface area contributed by atoms with Crippen molar-refractivity contribution >= 4 is 23.2 Å². The van der Waals surface area contributed by atoms with Crippen molar-refractivity contribution < 1.29 is 4.52 Å². The monoisotopic (exact) mass is 311 g/mol. The lowest BCUT2D eigenvalue weighted by Gasteiger charge is -2.04. The molecule has 2 aromatic rings. The quantitative estimate of drug-likeness (QED) is 0.941. The molecule has 1 aliphatic rings. The fraction of sp³-hybridized carbons (Fsp3) is 0.429. The number of aromatic nitrogens is 2. The van der Waals surface area contributed by atoms with Crippen LogP contribution in [-0.4, -0.2) is 22.7 Å². The van der Waals surface area contributed by atoms with Crippen LogP contribution in [0.5, 0.6) is 0 Å². The summed E-state index contributed by atoms with van der Waals surface area (Å²) in [5.74, 6) is 1.37. The molecule has 1 saturated heterocycles. The van der Waals surface area contributed by atoms with E-state index < -0.39 is 0 Å². The molecule has 1 fully saturated rings. The van der Waals surface area contributed by atoms with Gasteiger partial charge in [-0.3, -0.25) is 0 Å². The highest BCUT2D eigenvalue weighted by molar-refractivity contribution is 6.42. The molecule has 1 atom stereocenters. The summed E-state index contributed by atoms with van der Waals surface area (Å²) < 4.78 is 5.29. The summed E-state index contributed by atoms with van der Waals surface area (Å²) in [7, 11) is 0. The molecule has 0 bridgehead atoms. The van der Waals surface area contributed by atoms with Gasteiger partial charge in [0.25, 0.3) is 0 Å². The maximum Gasteiger partial charge on any atom is 0.228 e. The molecule has 0 aliphatic carbocycles. The van der Waals surface area contributed by atoms with Crippen LogP contribution < -0.4 is 5.32 Å². The van der Waals surface area contributed by atoms with Crippen molar-refractivity contribution in [2.75, 3.05) is 6.54 Å². The van der Waals surface area contributed by atoms with E-state index in [0.29, 0.717) is 34.2 Å². The van der Waals surface area contributed by atoms with Crippen LogP contribution in [0.3, 0.4) is 0 Å². The number of nitrogens with zero attached hydrogens (tertiary/aromatic N) is 2. The molecule has 3 rings (SSSR count). The summed E-state index contributed by atoms with van der Waals surface area (Å²) >= 11 is 11.9. The van der Waals surface area contributed by atoms with Gasteiger partial charge in [-0.25, -0.2) is 0 Å². The number of hydrogen-bond donors (Lipinski definition) is 1. The summed E-state index contributed by atoms with van der Waals surface area (Å²) in [6, 6.07) is 6.00. The zero-order valence-electron chi connectivity index (χ0n) is 10.9. The van der Waals surface area contributed by atoms with Crippen LogP contribution in [0.2, 0.25) is 10.0 Å². The van der Waals surface area contributed by atoms with Gasteiger partial charge < -0.3 is 9.84 Å². The summed E-state index contributed by atoms with van der Waals surface area (Å²) in [5.41, 5.74) is 1.02. The molecule has 0 saturated carbocycles. The number of hydrogen-bond acceptors (Lipinski definition) is 4. The van der Waals surface area contributed by atoms with Gasteiger partial charge in [0, 0.05) is 18.9 Å². The normalized spacial score (nSPS) is 18.6. The zero-order valence-corrected chi connectivity index (χ0v) is 12.4. The molecule has 2 heterocycles. The molecular formula is C14H15Cl2N3O. The number of benzene rings is 1. The van der Waals surface area contributed by atoms with E-state index in [1.54, 1.807) is 6.07 Å². The number of nitrogens with one attached hydrogen (secondary N) is 1. The summed E-state index contributed by atoms with van der Waals surface area (Å²) in [6.07, 6.45) is 3.78. The van der Waals surface area contributed by atoms with E-state index >= 15 is 0 Å². The Morgan fingerprint density at radius 3 is 2.95 bits per heavy atom. The van der Waals surface area contributed by atoms with Crippen LogP contribution in [0, 0.1) is 0 Å². The van der Waals surface area contributed by atoms with Gasteiger partial charge in [-0.15, -0.1) is 0 Å². The van der Waals surface area contributed by atoms with Gasteiger partial charge >= 0.3 is 0 Å². The molecule has 1 unspecified atom stereocenters. The van der Waals surface area contributed by atoms with Crippen LogP contribution in [-0.2, 0) is 12.8 Å². The molecule has 0 amide bonds. The molecule has 1 aromatic carbocycles. The highest BCUT2D eigenvalue weighted by atomic mass is 35.5. The molecular weight excluding hydrogens is 297 g/mol. The van der Waals surface area contributed by atoms with Crippen molar-refractivity contribution in [2.24, 2.45) is 0 Å². The third kappa shape index (κ3) is 3.32. The first-order valence-electron chi connectivity index (χ1n) is 6.69. The highest BCUT2D eigenvalue weighted by Gasteiger charge is 2.18. The van der Waals surface area contributed by atoms with Crippen molar-refractivity contribution in [3.05, 3.63) is 45.5 Å². The maximum atomic E-state index is 5.99. The van der Waals surface area contributed by atoms with E-state index in [1.165, 1.54) is 12.8 Å². The Hall–Kier alpha value is -1.10. The standard InChI is InChI=1S/C14H15Cl2N3O/c15-11-4-3-9(6-12(11)16)7-13-18-14(20-19-13)8-10-2-1-5-17-10/h3-4,6,10,17H,1-2,5,7-8H2. The van der Waals surface area contributed by atoms with Gasteiger partial charge in [0.05, 0.1) is 10.0 Å². The van der Waals surface area contributed by atoms with Gasteiger partial charge in [-0.05, 0) is 37.1 Å². The van der Waals surface area contributed by atoms with E-state index in [-0.39, 0.29) is 0 Å². The maximum absolute atomic E-state index is 5.99. The Kier molecular flexibility index (Phi) is 4.24. The predicted molar refractivity (Wildman–Crippen MR) is 78.3 cm³/mol. The second kappa shape index (κ2) is 6.12. The van der Waals surface area contributed by atoms with Crippen molar-refractivity contribution in [3.63, 3.8) is 0 Å². The smallest absolute Gasteiger partial charge is 0.228 e.